The fourth-order valence-corrected chi connectivity index (χ4v) is 2.37. The molecule has 3 rings (SSSR count). The molecule has 1 fully saturated rings. The van der Waals surface area contributed by atoms with Crippen LogP contribution in [0.3, 0.4) is 0 Å². The molecule has 25 heavy (non-hydrogen) atoms. The third kappa shape index (κ3) is 4.43. The molecule has 0 bridgehead atoms. The van der Waals surface area contributed by atoms with Crippen molar-refractivity contribution in [1.82, 2.24) is 0 Å². The van der Waals surface area contributed by atoms with E-state index in [2.05, 4.69) is 0 Å². The number of carboxylic acid groups (broad SMARTS) is 1. The molecular formula is C18H15F3O4. The zero-order chi connectivity index (χ0) is 18.0. The van der Waals surface area contributed by atoms with E-state index in [1.54, 1.807) is 24.3 Å². The van der Waals surface area contributed by atoms with E-state index in [9.17, 15) is 18.0 Å². The van der Waals surface area contributed by atoms with E-state index in [1.165, 1.54) is 12.1 Å². The van der Waals surface area contributed by atoms with Gasteiger partial charge in [0.15, 0.2) is 0 Å². The lowest BCUT2D eigenvalue weighted by molar-refractivity contribution is -0.139. The van der Waals surface area contributed by atoms with E-state index in [-0.39, 0.29) is 18.5 Å². The van der Waals surface area contributed by atoms with Crippen LogP contribution in [-0.4, -0.2) is 17.2 Å². The van der Waals surface area contributed by atoms with Gasteiger partial charge in [-0.05, 0) is 35.9 Å². The van der Waals surface area contributed by atoms with Crippen LogP contribution in [0.4, 0.5) is 13.2 Å². The van der Waals surface area contributed by atoms with Crippen LogP contribution in [0, 0.1) is 5.92 Å². The number of carboxylic acids is 1. The number of hydrogen-bond donors (Lipinski definition) is 1. The third-order valence-corrected chi connectivity index (χ3v) is 3.80. The third-order valence-electron chi connectivity index (χ3n) is 3.80. The maximum Gasteiger partial charge on any atom is 0.416 e. The van der Waals surface area contributed by atoms with Gasteiger partial charge in [0.2, 0.25) is 0 Å². The van der Waals surface area contributed by atoms with Crippen molar-refractivity contribution in [3.8, 4) is 11.5 Å². The predicted molar refractivity (Wildman–Crippen MR) is 82.4 cm³/mol. The normalized spacial score (nSPS) is 19.3. The lowest BCUT2D eigenvalue weighted by atomic mass is 10.2. The van der Waals surface area contributed by atoms with Crippen LogP contribution >= 0.6 is 0 Å². The average Bonchev–Trinajstić information content (AvgIpc) is 3.32. The number of rotatable bonds is 6. The topological polar surface area (TPSA) is 55.8 Å². The number of carbonyl (C=O) groups is 1. The molecule has 0 spiro atoms. The van der Waals surface area contributed by atoms with Crippen LogP contribution < -0.4 is 9.47 Å². The highest BCUT2D eigenvalue weighted by Gasteiger charge is 2.45. The SMILES string of the molecule is O=C(O)C1C[C@H]1Oc1cccc(COc2cccc(C(F)(F)F)c2)c1. The number of alkyl halides is 3. The van der Waals surface area contributed by atoms with Crippen molar-refractivity contribution in [2.24, 2.45) is 5.92 Å². The van der Waals surface area contributed by atoms with Crippen LogP contribution in [0.1, 0.15) is 17.5 Å². The Kier molecular flexibility index (Phi) is 4.57. The molecule has 2 aromatic rings. The second-order valence-corrected chi connectivity index (χ2v) is 5.80. The highest BCUT2D eigenvalue weighted by Crippen LogP contribution is 2.35. The number of benzene rings is 2. The molecule has 0 saturated heterocycles. The zero-order valence-electron chi connectivity index (χ0n) is 13.0. The number of hydrogen-bond acceptors (Lipinski definition) is 3. The number of halogens is 3. The van der Waals surface area contributed by atoms with Gasteiger partial charge in [-0.1, -0.05) is 18.2 Å². The first-order valence-electron chi connectivity index (χ1n) is 7.61. The quantitative estimate of drug-likeness (QED) is 0.849. The van der Waals surface area contributed by atoms with Crippen molar-refractivity contribution >= 4 is 5.97 Å². The van der Waals surface area contributed by atoms with Crippen LogP contribution in [-0.2, 0) is 17.6 Å². The highest BCUT2D eigenvalue weighted by molar-refractivity contribution is 5.74. The van der Waals surface area contributed by atoms with Gasteiger partial charge in [-0.3, -0.25) is 4.79 Å². The van der Waals surface area contributed by atoms with Gasteiger partial charge >= 0.3 is 12.1 Å². The molecule has 1 aliphatic rings. The van der Waals surface area contributed by atoms with Gasteiger partial charge < -0.3 is 14.6 Å². The Hall–Kier alpha value is -2.70. The molecular weight excluding hydrogens is 337 g/mol. The molecule has 0 radical (unpaired) electrons. The summed E-state index contributed by atoms with van der Waals surface area (Å²) >= 11 is 0. The molecule has 132 valence electrons. The standard InChI is InChI=1S/C18H15F3O4/c19-18(20,21)12-4-2-5-13(8-12)24-10-11-3-1-6-14(7-11)25-16-9-15(16)17(22)23/h1-8,15-16H,9-10H2,(H,22,23)/t15?,16-/m1/s1. The summed E-state index contributed by atoms with van der Waals surface area (Å²) in [4.78, 5) is 10.8. The Labute approximate surface area is 141 Å². The summed E-state index contributed by atoms with van der Waals surface area (Å²) in [7, 11) is 0. The maximum absolute atomic E-state index is 12.7. The van der Waals surface area contributed by atoms with E-state index in [0.29, 0.717) is 17.7 Å². The van der Waals surface area contributed by atoms with Crippen molar-refractivity contribution in [3.05, 3.63) is 59.7 Å². The molecule has 2 atom stereocenters. The largest absolute Gasteiger partial charge is 0.489 e. The maximum atomic E-state index is 12.7. The summed E-state index contributed by atoms with van der Waals surface area (Å²) in [6.07, 6.45) is -4.28. The molecule has 0 aromatic heterocycles. The average molecular weight is 352 g/mol. The number of ether oxygens (including phenoxy) is 2. The summed E-state index contributed by atoms with van der Waals surface area (Å²) in [5.41, 5.74) is -0.0574. The Morgan fingerprint density at radius 1 is 1.12 bits per heavy atom. The molecule has 1 aliphatic carbocycles. The van der Waals surface area contributed by atoms with Crippen molar-refractivity contribution in [1.29, 1.82) is 0 Å². The first-order valence-corrected chi connectivity index (χ1v) is 7.61. The first kappa shape index (κ1) is 17.1. The van der Waals surface area contributed by atoms with Gasteiger partial charge in [-0.25, -0.2) is 0 Å². The van der Waals surface area contributed by atoms with Gasteiger partial charge in [0.25, 0.3) is 0 Å². The summed E-state index contributed by atoms with van der Waals surface area (Å²) in [6, 6.07) is 11.5. The Bertz CT molecular complexity index is 773. The van der Waals surface area contributed by atoms with E-state index in [0.717, 1.165) is 12.1 Å². The molecule has 0 heterocycles. The summed E-state index contributed by atoms with van der Waals surface area (Å²) in [5, 5.41) is 8.87. The van der Waals surface area contributed by atoms with Crippen LogP contribution in [0.5, 0.6) is 11.5 Å². The van der Waals surface area contributed by atoms with E-state index >= 15 is 0 Å². The molecule has 1 N–H and O–H groups in total. The Morgan fingerprint density at radius 2 is 1.84 bits per heavy atom. The van der Waals surface area contributed by atoms with Crippen LogP contribution in [0.15, 0.2) is 48.5 Å². The van der Waals surface area contributed by atoms with Gasteiger partial charge in [0, 0.05) is 6.42 Å². The van der Waals surface area contributed by atoms with E-state index < -0.39 is 23.6 Å². The van der Waals surface area contributed by atoms with Gasteiger partial charge in [0.05, 0.1) is 11.5 Å². The van der Waals surface area contributed by atoms with Crippen molar-refractivity contribution in [2.75, 3.05) is 0 Å². The predicted octanol–water partition coefficient (Wildman–Crippen LogP) is 4.14. The zero-order valence-corrected chi connectivity index (χ0v) is 13.0. The minimum absolute atomic E-state index is 0.0749. The molecule has 4 nitrogen and oxygen atoms in total. The second kappa shape index (κ2) is 6.66. The molecule has 0 amide bonds. The summed E-state index contributed by atoms with van der Waals surface area (Å²) < 4.78 is 49.0. The van der Waals surface area contributed by atoms with Gasteiger partial charge in [-0.2, -0.15) is 13.2 Å². The minimum atomic E-state index is -4.42. The van der Waals surface area contributed by atoms with Crippen molar-refractivity contribution < 1.29 is 32.5 Å². The molecule has 1 saturated carbocycles. The van der Waals surface area contributed by atoms with E-state index in [4.69, 9.17) is 14.6 Å². The lowest BCUT2D eigenvalue weighted by Crippen LogP contribution is -2.07. The van der Waals surface area contributed by atoms with Crippen LogP contribution in [0.2, 0.25) is 0 Å². The van der Waals surface area contributed by atoms with Crippen molar-refractivity contribution in [2.45, 2.75) is 25.3 Å². The smallest absolute Gasteiger partial charge is 0.416 e. The Morgan fingerprint density at radius 3 is 2.52 bits per heavy atom. The molecule has 0 aliphatic heterocycles. The van der Waals surface area contributed by atoms with Crippen molar-refractivity contribution in [3.63, 3.8) is 0 Å². The van der Waals surface area contributed by atoms with Crippen LogP contribution in [0.25, 0.3) is 0 Å². The minimum Gasteiger partial charge on any atom is -0.489 e. The fourth-order valence-electron chi connectivity index (χ4n) is 2.37. The number of aliphatic carboxylic acids is 1. The van der Waals surface area contributed by atoms with E-state index in [1.807, 2.05) is 0 Å². The molecule has 2 aromatic carbocycles. The summed E-state index contributed by atoms with van der Waals surface area (Å²) in [6.45, 7) is 0.0749. The van der Waals surface area contributed by atoms with Gasteiger partial charge in [-0.15, -0.1) is 0 Å². The molecule has 1 unspecified atom stereocenters. The highest BCUT2D eigenvalue weighted by atomic mass is 19.4. The second-order valence-electron chi connectivity index (χ2n) is 5.80. The summed E-state index contributed by atoms with van der Waals surface area (Å²) in [5.74, 6) is -0.729. The monoisotopic (exact) mass is 352 g/mol. The lowest BCUT2D eigenvalue weighted by Gasteiger charge is -2.11. The fraction of sp³-hybridized carbons (Fsp3) is 0.278. The Balaban J connectivity index is 1.60. The first-order chi connectivity index (χ1) is 11.8. The molecule has 7 heteroatoms. The van der Waals surface area contributed by atoms with Gasteiger partial charge in [0.1, 0.15) is 24.2 Å².